The summed E-state index contributed by atoms with van der Waals surface area (Å²) in [5.74, 6) is 0.727. The number of Topliss-reactive ketones (excluding diaryl/α,β-unsaturated/α-hetero) is 1. The van der Waals surface area contributed by atoms with Gasteiger partial charge in [-0.1, -0.05) is 24.3 Å². The number of carbonyl (C=O) groups excluding carboxylic acids is 1. The SMILES string of the molecule is COc1ccc(CCC(=O)c2ccc(S(N)(=O)=O)cc2)cc1. The quantitative estimate of drug-likeness (QED) is 0.827. The van der Waals surface area contributed by atoms with E-state index >= 15 is 0 Å². The van der Waals surface area contributed by atoms with Crippen LogP contribution in [0.4, 0.5) is 0 Å². The average molecular weight is 319 g/mol. The van der Waals surface area contributed by atoms with E-state index in [1.54, 1.807) is 7.11 Å². The maximum atomic E-state index is 12.1. The Morgan fingerprint density at radius 3 is 2.14 bits per heavy atom. The largest absolute Gasteiger partial charge is 0.497 e. The van der Waals surface area contributed by atoms with Gasteiger partial charge in [0, 0.05) is 12.0 Å². The molecule has 0 saturated carbocycles. The molecule has 2 rings (SSSR count). The second-order valence-electron chi connectivity index (χ2n) is 4.84. The molecular formula is C16H17NO4S. The highest BCUT2D eigenvalue weighted by atomic mass is 32.2. The maximum Gasteiger partial charge on any atom is 0.238 e. The smallest absolute Gasteiger partial charge is 0.238 e. The van der Waals surface area contributed by atoms with E-state index in [0.717, 1.165) is 11.3 Å². The van der Waals surface area contributed by atoms with Crippen molar-refractivity contribution < 1.29 is 17.9 Å². The van der Waals surface area contributed by atoms with Crippen molar-refractivity contribution in [1.82, 2.24) is 0 Å². The van der Waals surface area contributed by atoms with Gasteiger partial charge in [0.2, 0.25) is 10.0 Å². The Labute approximate surface area is 129 Å². The van der Waals surface area contributed by atoms with Crippen molar-refractivity contribution >= 4 is 15.8 Å². The summed E-state index contributed by atoms with van der Waals surface area (Å²) in [6.07, 6.45) is 0.959. The van der Waals surface area contributed by atoms with E-state index in [0.29, 0.717) is 18.4 Å². The highest BCUT2D eigenvalue weighted by molar-refractivity contribution is 7.89. The number of benzene rings is 2. The topological polar surface area (TPSA) is 86.5 Å². The molecule has 0 aliphatic heterocycles. The number of methoxy groups -OCH3 is 1. The Morgan fingerprint density at radius 1 is 1.05 bits per heavy atom. The lowest BCUT2D eigenvalue weighted by Gasteiger charge is -2.04. The van der Waals surface area contributed by atoms with E-state index in [4.69, 9.17) is 9.88 Å². The number of hydrogen-bond acceptors (Lipinski definition) is 4. The van der Waals surface area contributed by atoms with Crippen LogP contribution in [0.3, 0.4) is 0 Å². The highest BCUT2D eigenvalue weighted by Crippen LogP contribution is 2.15. The molecule has 0 aliphatic rings. The molecule has 0 aliphatic carbocycles. The number of sulfonamides is 1. The highest BCUT2D eigenvalue weighted by Gasteiger charge is 2.10. The summed E-state index contributed by atoms with van der Waals surface area (Å²) in [4.78, 5) is 12.1. The van der Waals surface area contributed by atoms with Crippen LogP contribution in [0.5, 0.6) is 5.75 Å². The minimum absolute atomic E-state index is 0.000737. The molecule has 0 saturated heterocycles. The molecule has 0 bridgehead atoms. The van der Waals surface area contributed by atoms with Gasteiger partial charge in [0.25, 0.3) is 0 Å². The van der Waals surface area contributed by atoms with Crippen LogP contribution in [0.2, 0.25) is 0 Å². The van der Waals surface area contributed by atoms with Crippen molar-refractivity contribution in [3.05, 3.63) is 59.7 Å². The minimum Gasteiger partial charge on any atom is -0.497 e. The summed E-state index contributed by atoms with van der Waals surface area (Å²) in [5.41, 5.74) is 1.51. The monoisotopic (exact) mass is 319 g/mol. The third-order valence-electron chi connectivity index (χ3n) is 3.30. The standard InChI is InChI=1S/C16H17NO4S/c1-21-14-7-2-12(3-8-14)4-11-16(18)13-5-9-15(10-6-13)22(17,19)20/h2-3,5-10H,4,11H2,1H3,(H2,17,19,20). The number of aryl methyl sites for hydroxylation is 1. The summed E-state index contributed by atoms with van der Waals surface area (Å²) in [7, 11) is -2.13. The number of rotatable bonds is 6. The van der Waals surface area contributed by atoms with Gasteiger partial charge >= 0.3 is 0 Å². The minimum atomic E-state index is -3.73. The van der Waals surface area contributed by atoms with E-state index in [9.17, 15) is 13.2 Å². The molecule has 0 fully saturated rings. The number of primary sulfonamides is 1. The van der Waals surface area contributed by atoms with Crippen LogP contribution in [-0.4, -0.2) is 21.3 Å². The first-order chi connectivity index (χ1) is 10.4. The molecule has 0 atom stereocenters. The summed E-state index contributed by atoms with van der Waals surface area (Å²) < 4.78 is 27.4. The van der Waals surface area contributed by atoms with E-state index in [1.165, 1.54) is 24.3 Å². The summed E-state index contributed by atoms with van der Waals surface area (Å²) in [6.45, 7) is 0. The molecule has 2 aromatic rings. The van der Waals surface area contributed by atoms with Crippen LogP contribution in [0.25, 0.3) is 0 Å². The fraction of sp³-hybridized carbons (Fsp3) is 0.188. The second-order valence-corrected chi connectivity index (χ2v) is 6.40. The van der Waals surface area contributed by atoms with Crippen molar-refractivity contribution in [2.75, 3.05) is 7.11 Å². The van der Waals surface area contributed by atoms with Crippen molar-refractivity contribution in [3.63, 3.8) is 0 Å². The van der Waals surface area contributed by atoms with E-state index in [2.05, 4.69) is 0 Å². The van der Waals surface area contributed by atoms with Crippen molar-refractivity contribution in [2.45, 2.75) is 17.7 Å². The number of carbonyl (C=O) groups is 1. The van der Waals surface area contributed by atoms with Crippen LogP contribution in [0.1, 0.15) is 22.3 Å². The predicted molar refractivity (Wildman–Crippen MR) is 83.5 cm³/mol. The molecule has 2 N–H and O–H groups in total. The summed E-state index contributed by atoms with van der Waals surface area (Å²) in [6, 6.07) is 13.2. The van der Waals surface area contributed by atoms with Gasteiger partial charge in [-0.25, -0.2) is 13.6 Å². The zero-order chi connectivity index (χ0) is 16.2. The van der Waals surface area contributed by atoms with Gasteiger partial charge in [-0.05, 0) is 36.2 Å². The van der Waals surface area contributed by atoms with Gasteiger partial charge in [-0.15, -0.1) is 0 Å². The maximum absolute atomic E-state index is 12.1. The van der Waals surface area contributed by atoms with E-state index in [1.807, 2.05) is 24.3 Å². The Kier molecular flexibility index (Phi) is 4.95. The molecule has 0 spiro atoms. The lowest BCUT2D eigenvalue weighted by atomic mass is 10.0. The molecule has 0 amide bonds. The Hall–Kier alpha value is -2.18. The van der Waals surface area contributed by atoms with Gasteiger partial charge in [0.15, 0.2) is 5.78 Å². The first kappa shape index (κ1) is 16.2. The molecule has 0 radical (unpaired) electrons. The van der Waals surface area contributed by atoms with Crippen molar-refractivity contribution in [2.24, 2.45) is 5.14 Å². The fourth-order valence-electron chi connectivity index (χ4n) is 2.02. The third-order valence-corrected chi connectivity index (χ3v) is 4.23. The Morgan fingerprint density at radius 2 is 1.64 bits per heavy atom. The van der Waals surface area contributed by atoms with Gasteiger partial charge in [0.05, 0.1) is 12.0 Å². The molecule has 0 unspecified atom stereocenters. The second kappa shape index (κ2) is 6.72. The molecule has 0 aromatic heterocycles. The number of hydrogen-bond donors (Lipinski definition) is 1. The Balaban J connectivity index is 1.99. The first-order valence-electron chi connectivity index (χ1n) is 6.69. The van der Waals surface area contributed by atoms with Crippen LogP contribution in [0.15, 0.2) is 53.4 Å². The van der Waals surface area contributed by atoms with Crippen LogP contribution < -0.4 is 9.88 Å². The van der Waals surface area contributed by atoms with Crippen LogP contribution >= 0.6 is 0 Å². The fourth-order valence-corrected chi connectivity index (χ4v) is 2.54. The third kappa shape index (κ3) is 4.16. The van der Waals surface area contributed by atoms with Gasteiger partial charge in [0.1, 0.15) is 5.75 Å². The molecule has 2 aromatic carbocycles. The molecule has 22 heavy (non-hydrogen) atoms. The molecule has 6 heteroatoms. The molecule has 0 heterocycles. The van der Waals surface area contributed by atoms with Crippen molar-refractivity contribution in [1.29, 1.82) is 0 Å². The van der Waals surface area contributed by atoms with Gasteiger partial charge < -0.3 is 4.74 Å². The van der Waals surface area contributed by atoms with Crippen LogP contribution in [-0.2, 0) is 16.4 Å². The van der Waals surface area contributed by atoms with E-state index < -0.39 is 10.0 Å². The lowest BCUT2D eigenvalue weighted by molar-refractivity contribution is 0.0982. The van der Waals surface area contributed by atoms with E-state index in [-0.39, 0.29) is 10.7 Å². The van der Waals surface area contributed by atoms with Crippen LogP contribution in [0, 0.1) is 0 Å². The number of nitrogens with two attached hydrogens (primary N) is 1. The molecule has 116 valence electrons. The summed E-state index contributed by atoms with van der Waals surface area (Å²) >= 11 is 0. The summed E-state index contributed by atoms with van der Waals surface area (Å²) in [5, 5.41) is 5.02. The molecule has 5 nitrogen and oxygen atoms in total. The predicted octanol–water partition coefficient (Wildman–Crippen LogP) is 2.16. The van der Waals surface area contributed by atoms with Gasteiger partial charge in [-0.3, -0.25) is 4.79 Å². The number of ether oxygens (including phenoxy) is 1. The zero-order valence-corrected chi connectivity index (χ0v) is 13.0. The van der Waals surface area contributed by atoms with Gasteiger partial charge in [-0.2, -0.15) is 0 Å². The average Bonchev–Trinajstić information content (AvgIpc) is 2.52. The normalized spacial score (nSPS) is 11.2. The van der Waals surface area contributed by atoms with Crippen molar-refractivity contribution in [3.8, 4) is 5.75 Å². The first-order valence-corrected chi connectivity index (χ1v) is 8.24. The molecular weight excluding hydrogens is 302 g/mol. The number of ketones is 1. The zero-order valence-electron chi connectivity index (χ0n) is 12.2. The lowest BCUT2D eigenvalue weighted by Crippen LogP contribution is -2.12. The Bertz CT molecular complexity index is 750.